The number of carbonyl (C=O) groups is 1. The molecule has 3 nitrogen and oxygen atoms in total. The highest BCUT2D eigenvalue weighted by Gasteiger charge is 2.50. The van der Waals surface area contributed by atoms with E-state index in [1.165, 1.54) is 0 Å². The van der Waals surface area contributed by atoms with E-state index >= 15 is 0 Å². The summed E-state index contributed by atoms with van der Waals surface area (Å²) in [4.78, 5) is 12.0. The van der Waals surface area contributed by atoms with Crippen LogP contribution in [0.2, 0.25) is 0 Å². The van der Waals surface area contributed by atoms with Crippen molar-refractivity contribution in [2.75, 3.05) is 0 Å². The average molecular weight is 261 g/mol. The molecule has 0 heterocycles. The maximum absolute atomic E-state index is 12.0. The van der Waals surface area contributed by atoms with Gasteiger partial charge in [-0.05, 0) is 30.7 Å². The van der Waals surface area contributed by atoms with E-state index in [1.807, 2.05) is 37.3 Å². The summed E-state index contributed by atoms with van der Waals surface area (Å²) < 4.78 is 0. The molecule has 0 bridgehead atoms. The van der Waals surface area contributed by atoms with Crippen LogP contribution in [0, 0.1) is 11.3 Å². The Balaban J connectivity index is 1.81. The Morgan fingerprint density at radius 3 is 2.53 bits per heavy atom. The maximum atomic E-state index is 12.0. The van der Waals surface area contributed by atoms with Gasteiger partial charge in [0, 0.05) is 12.0 Å². The van der Waals surface area contributed by atoms with Gasteiger partial charge in [0.1, 0.15) is 0 Å². The molecular weight excluding hydrogens is 238 g/mol. The first-order valence-electron chi connectivity index (χ1n) is 6.93. The van der Waals surface area contributed by atoms with Crippen molar-refractivity contribution in [3.63, 3.8) is 0 Å². The summed E-state index contributed by atoms with van der Waals surface area (Å²) in [6.07, 6.45) is 0.985. The molecule has 1 saturated carbocycles. The Morgan fingerprint density at radius 1 is 1.42 bits per heavy atom. The highest BCUT2D eigenvalue weighted by atomic mass is 16.3. The van der Waals surface area contributed by atoms with E-state index in [2.05, 4.69) is 19.2 Å². The highest BCUT2D eigenvalue weighted by molar-refractivity contribution is 5.82. The topological polar surface area (TPSA) is 49.3 Å². The first-order chi connectivity index (χ1) is 8.90. The zero-order valence-electron chi connectivity index (χ0n) is 11.9. The molecular formula is C16H23NO2. The monoisotopic (exact) mass is 261 g/mol. The average Bonchev–Trinajstić information content (AvgIpc) is 2.99. The fraction of sp³-hybridized carbons (Fsp3) is 0.562. The number of aliphatic hydroxyl groups is 1. The number of amides is 1. The molecule has 1 aliphatic rings. The third kappa shape index (κ3) is 3.57. The first-order valence-corrected chi connectivity index (χ1v) is 6.93. The van der Waals surface area contributed by atoms with Gasteiger partial charge in [-0.2, -0.15) is 0 Å². The summed E-state index contributed by atoms with van der Waals surface area (Å²) in [6, 6.07) is 9.55. The Morgan fingerprint density at radius 2 is 2.00 bits per heavy atom. The van der Waals surface area contributed by atoms with Gasteiger partial charge in [-0.3, -0.25) is 4.79 Å². The summed E-state index contributed by atoms with van der Waals surface area (Å²) in [5.74, 6) is 0.265. The SMILES string of the molecule is CC(CC(O)c1ccccc1)NC(=O)C1CC1(C)C. The Hall–Kier alpha value is -1.35. The molecule has 0 radical (unpaired) electrons. The number of benzene rings is 1. The molecule has 0 aliphatic heterocycles. The zero-order valence-corrected chi connectivity index (χ0v) is 11.9. The lowest BCUT2D eigenvalue weighted by Crippen LogP contribution is -2.35. The van der Waals surface area contributed by atoms with E-state index in [0.29, 0.717) is 6.42 Å². The molecule has 19 heavy (non-hydrogen) atoms. The van der Waals surface area contributed by atoms with Crippen LogP contribution in [-0.2, 0) is 4.79 Å². The molecule has 104 valence electrons. The van der Waals surface area contributed by atoms with Gasteiger partial charge in [-0.15, -0.1) is 0 Å². The standard InChI is InChI=1S/C16H23NO2/c1-11(17-15(19)13-10-16(13,2)3)9-14(18)12-7-5-4-6-8-12/h4-8,11,13-14,18H,9-10H2,1-3H3,(H,17,19). The molecule has 1 aliphatic carbocycles. The first kappa shape index (κ1) is 14.1. The quantitative estimate of drug-likeness (QED) is 0.856. The van der Waals surface area contributed by atoms with Crippen molar-refractivity contribution >= 4 is 5.91 Å². The summed E-state index contributed by atoms with van der Waals surface area (Å²) in [5, 5.41) is 13.1. The Kier molecular flexibility index (Phi) is 3.95. The van der Waals surface area contributed by atoms with Crippen molar-refractivity contribution < 1.29 is 9.90 Å². The van der Waals surface area contributed by atoms with Crippen molar-refractivity contribution in [2.45, 2.75) is 45.8 Å². The van der Waals surface area contributed by atoms with Gasteiger partial charge < -0.3 is 10.4 Å². The van der Waals surface area contributed by atoms with Crippen molar-refractivity contribution in [1.82, 2.24) is 5.32 Å². The molecule has 0 saturated heterocycles. The smallest absolute Gasteiger partial charge is 0.223 e. The van der Waals surface area contributed by atoms with Crippen LogP contribution >= 0.6 is 0 Å². The number of hydrogen-bond donors (Lipinski definition) is 2. The van der Waals surface area contributed by atoms with Gasteiger partial charge in [-0.25, -0.2) is 0 Å². The molecule has 3 heteroatoms. The van der Waals surface area contributed by atoms with Crippen molar-refractivity contribution in [2.24, 2.45) is 11.3 Å². The lowest BCUT2D eigenvalue weighted by molar-refractivity contribution is -0.123. The van der Waals surface area contributed by atoms with E-state index in [9.17, 15) is 9.90 Å². The number of aliphatic hydroxyl groups excluding tert-OH is 1. The van der Waals surface area contributed by atoms with E-state index in [1.54, 1.807) is 0 Å². The van der Waals surface area contributed by atoms with E-state index < -0.39 is 6.10 Å². The van der Waals surface area contributed by atoms with Gasteiger partial charge in [0.05, 0.1) is 6.10 Å². The molecule has 1 aromatic rings. The van der Waals surface area contributed by atoms with Crippen molar-refractivity contribution in [3.05, 3.63) is 35.9 Å². The highest BCUT2D eigenvalue weighted by Crippen LogP contribution is 2.51. The minimum Gasteiger partial charge on any atom is -0.388 e. The Bertz CT molecular complexity index is 441. The number of rotatable bonds is 5. The maximum Gasteiger partial charge on any atom is 0.223 e. The fourth-order valence-corrected chi connectivity index (χ4v) is 2.46. The third-order valence-corrected chi connectivity index (χ3v) is 3.98. The van der Waals surface area contributed by atoms with Gasteiger partial charge in [0.15, 0.2) is 0 Å². The summed E-state index contributed by atoms with van der Waals surface area (Å²) in [5.41, 5.74) is 1.05. The minimum atomic E-state index is -0.524. The van der Waals surface area contributed by atoms with Crippen LogP contribution in [0.4, 0.5) is 0 Å². The second-order valence-corrected chi connectivity index (χ2v) is 6.32. The van der Waals surface area contributed by atoms with Crippen LogP contribution in [0.5, 0.6) is 0 Å². The number of nitrogens with one attached hydrogen (secondary N) is 1. The number of hydrogen-bond acceptors (Lipinski definition) is 2. The largest absolute Gasteiger partial charge is 0.388 e. The summed E-state index contributed by atoms with van der Waals surface area (Å²) in [6.45, 7) is 6.17. The molecule has 3 atom stereocenters. The van der Waals surface area contributed by atoms with E-state index in [4.69, 9.17) is 0 Å². The number of carbonyl (C=O) groups excluding carboxylic acids is 1. The minimum absolute atomic E-state index is 0.0147. The van der Waals surface area contributed by atoms with E-state index in [-0.39, 0.29) is 23.3 Å². The molecule has 0 spiro atoms. The second kappa shape index (κ2) is 5.33. The summed E-state index contributed by atoms with van der Waals surface area (Å²) >= 11 is 0. The third-order valence-electron chi connectivity index (χ3n) is 3.98. The normalized spacial score (nSPS) is 23.5. The van der Waals surface area contributed by atoms with Crippen molar-refractivity contribution in [1.29, 1.82) is 0 Å². The zero-order chi connectivity index (χ0) is 14.0. The molecule has 2 N–H and O–H groups in total. The predicted molar refractivity (Wildman–Crippen MR) is 75.5 cm³/mol. The van der Waals surface area contributed by atoms with Crippen LogP contribution in [0.25, 0.3) is 0 Å². The molecule has 1 amide bonds. The second-order valence-electron chi connectivity index (χ2n) is 6.32. The van der Waals surface area contributed by atoms with Crippen LogP contribution in [-0.4, -0.2) is 17.1 Å². The van der Waals surface area contributed by atoms with Crippen LogP contribution in [0.15, 0.2) is 30.3 Å². The lowest BCUT2D eigenvalue weighted by atomic mass is 10.0. The molecule has 1 fully saturated rings. The molecule has 3 unspecified atom stereocenters. The summed E-state index contributed by atoms with van der Waals surface area (Å²) in [7, 11) is 0. The molecule has 1 aromatic carbocycles. The van der Waals surface area contributed by atoms with Gasteiger partial charge in [0.25, 0.3) is 0 Å². The van der Waals surface area contributed by atoms with Gasteiger partial charge in [0.2, 0.25) is 5.91 Å². The van der Waals surface area contributed by atoms with Gasteiger partial charge >= 0.3 is 0 Å². The van der Waals surface area contributed by atoms with Crippen LogP contribution in [0.3, 0.4) is 0 Å². The molecule has 0 aromatic heterocycles. The lowest BCUT2D eigenvalue weighted by Gasteiger charge is -2.18. The van der Waals surface area contributed by atoms with Crippen molar-refractivity contribution in [3.8, 4) is 0 Å². The van der Waals surface area contributed by atoms with E-state index in [0.717, 1.165) is 12.0 Å². The van der Waals surface area contributed by atoms with Gasteiger partial charge in [-0.1, -0.05) is 44.2 Å². The fourth-order valence-electron chi connectivity index (χ4n) is 2.46. The van der Waals surface area contributed by atoms with Crippen LogP contribution < -0.4 is 5.32 Å². The van der Waals surface area contributed by atoms with Crippen LogP contribution in [0.1, 0.15) is 45.3 Å². The Labute approximate surface area is 115 Å². The predicted octanol–water partition coefficient (Wildman–Crippen LogP) is 2.66. The molecule has 2 rings (SSSR count).